The lowest BCUT2D eigenvalue weighted by molar-refractivity contribution is -0.120. The van der Waals surface area contributed by atoms with Crippen molar-refractivity contribution in [3.63, 3.8) is 0 Å². The number of carbonyl (C=O) groups is 2. The minimum atomic E-state index is 0.0110. The lowest BCUT2D eigenvalue weighted by Crippen LogP contribution is -2.48. The highest BCUT2D eigenvalue weighted by molar-refractivity contribution is 5.90. The van der Waals surface area contributed by atoms with Gasteiger partial charge in [0.25, 0.3) is 0 Å². The highest BCUT2D eigenvalue weighted by Crippen LogP contribution is 2.17. The molecule has 2 aliphatic heterocycles. The first kappa shape index (κ1) is 15.7. The summed E-state index contributed by atoms with van der Waals surface area (Å²) < 4.78 is 0. The first-order chi connectivity index (χ1) is 11.2. The maximum atomic E-state index is 12.0. The number of rotatable bonds is 5. The first-order valence-electron chi connectivity index (χ1n) is 8.19. The van der Waals surface area contributed by atoms with Gasteiger partial charge in [-0.1, -0.05) is 0 Å². The first-order valence-corrected chi connectivity index (χ1v) is 8.19. The van der Waals surface area contributed by atoms with E-state index in [2.05, 4.69) is 20.9 Å². The summed E-state index contributed by atoms with van der Waals surface area (Å²) >= 11 is 0. The molecule has 2 aliphatic rings. The third-order valence-electron chi connectivity index (χ3n) is 4.34. The van der Waals surface area contributed by atoms with Crippen LogP contribution in [0.25, 0.3) is 0 Å². The number of nitrogens with one attached hydrogen (secondary N) is 3. The summed E-state index contributed by atoms with van der Waals surface area (Å²) in [5.74, 6) is 1.42. The summed E-state index contributed by atoms with van der Waals surface area (Å²) in [6.45, 7) is 3.79. The van der Waals surface area contributed by atoms with Crippen LogP contribution >= 0.6 is 0 Å². The van der Waals surface area contributed by atoms with Crippen molar-refractivity contribution in [2.45, 2.75) is 19.3 Å². The predicted molar refractivity (Wildman–Crippen MR) is 88.3 cm³/mol. The van der Waals surface area contributed by atoms with E-state index in [1.165, 1.54) is 0 Å². The monoisotopic (exact) mass is 317 g/mol. The minimum Gasteiger partial charge on any atom is -0.353 e. The van der Waals surface area contributed by atoms with E-state index in [1.807, 2.05) is 17.0 Å². The van der Waals surface area contributed by atoms with Crippen molar-refractivity contribution in [2.24, 2.45) is 5.92 Å². The molecule has 7 heteroatoms. The average molecular weight is 317 g/mol. The number of hydrogen-bond donors (Lipinski definition) is 3. The molecule has 1 aromatic rings. The van der Waals surface area contributed by atoms with E-state index < -0.39 is 0 Å². The second kappa shape index (κ2) is 7.41. The second-order valence-electron chi connectivity index (χ2n) is 6.12. The molecule has 2 saturated heterocycles. The lowest BCUT2D eigenvalue weighted by atomic mass is 10.0. The highest BCUT2D eigenvalue weighted by Gasteiger charge is 2.18. The maximum absolute atomic E-state index is 12.0. The van der Waals surface area contributed by atoms with Gasteiger partial charge in [-0.3, -0.25) is 9.59 Å². The van der Waals surface area contributed by atoms with Crippen LogP contribution in [-0.2, 0) is 9.59 Å². The maximum Gasteiger partial charge on any atom is 0.239 e. The third kappa shape index (κ3) is 4.41. The summed E-state index contributed by atoms with van der Waals surface area (Å²) in [6, 6.07) is 3.68. The molecule has 0 spiro atoms. The third-order valence-corrected chi connectivity index (χ3v) is 4.34. The van der Waals surface area contributed by atoms with Crippen LogP contribution in [0.5, 0.6) is 0 Å². The van der Waals surface area contributed by atoms with E-state index in [0.29, 0.717) is 31.1 Å². The molecule has 3 N–H and O–H groups in total. The topological polar surface area (TPSA) is 86.4 Å². The molecule has 0 aliphatic carbocycles. The van der Waals surface area contributed by atoms with Crippen LogP contribution in [0.15, 0.2) is 18.3 Å². The van der Waals surface area contributed by atoms with Crippen LogP contribution in [0.2, 0.25) is 0 Å². The normalized spacial score (nSPS) is 21.1. The zero-order valence-corrected chi connectivity index (χ0v) is 13.2. The number of anilines is 2. The summed E-state index contributed by atoms with van der Waals surface area (Å²) in [7, 11) is 0. The van der Waals surface area contributed by atoms with Gasteiger partial charge < -0.3 is 20.9 Å². The van der Waals surface area contributed by atoms with E-state index in [0.717, 1.165) is 38.3 Å². The fourth-order valence-corrected chi connectivity index (χ4v) is 3.00. The summed E-state index contributed by atoms with van der Waals surface area (Å²) in [5, 5.41) is 8.98. The molecule has 0 aromatic carbocycles. The van der Waals surface area contributed by atoms with Gasteiger partial charge in [-0.25, -0.2) is 4.98 Å². The fraction of sp³-hybridized carbons (Fsp3) is 0.562. The Morgan fingerprint density at radius 1 is 1.39 bits per heavy atom. The Morgan fingerprint density at radius 3 is 3.00 bits per heavy atom. The largest absolute Gasteiger partial charge is 0.353 e. The Bertz CT molecular complexity index is 554. The molecule has 0 bridgehead atoms. The molecule has 1 atom stereocenters. The van der Waals surface area contributed by atoms with Crippen molar-refractivity contribution >= 4 is 23.3 Å². The number of hydrogen-bond acceptors (Lipinski definition) is 5. The smallest absolute Gasteiger partial charge is 0.239 e. The number of nitrogens with zero attached hydrogens (tertiary/aromatic N) is 2. The van der Waals surface area contributed by atoms with Crippen molar-refractivity contribution in [2.75, 3.05) is 42.9 Å². The van der Waals surface area contributed by atoms with Crippen LogP contribution in [0.3, 0.4) is 0 Å². The van der Waals surface area contributed by atoms with Gasteiger partial charge in [0.15, 0.2) is 0 Å². The van der Waals surface area contributed by atoms with Crippen LogP contribution in [0.1, 0.15) is 19.3 Å². The standard InChI is InChI=1S/C16H23N5O2/c22-15(4-1-12-5-6-17-9-12)20-13-2-3-14(19-10-13)21-8-7-18-16(23)11-21/h2-3,10,12,17H,1,4-9,11H2,(H,18,23)(H,20,22). The Hall–Kier alpha value is -2.15. The zero-order chi connectivity index (χ0) is 16.1. The van der Waals surface area contributed by atoms with Crippen LogP contribution < -0.4 is 20.9 Å². The van der Waals surface area contributed by atoms with Crippen molar-refractivity contribution in [3.8, 4) is 0 Å². The molecule has 7 nitrogen and oxygen atoms in total. The summed E-state index contributed by atoms with van der Waals surface area (Å²) in [5.41, 5.74) is 0.699. The summed E-state index contributed by atoms with van der Waals surface area (Å²) in [4.78, 5) is 29.7. The Balaban J connectivity index is 1.48. The van der Waals surface area contributed by atoms with E-state index in [4.69, 9.17) is 0 Å². The number of amides is 2. The van der Waals surface area contributed by atoms with Crippen LogP contribution in [-0.4, -0.2) is 49.5 Å². The second-order valence-corrected chi connectivity index (χ2v) is 6.12. The Labute approximate surface area is 135 Å². The highest BCUT2D eigenvalue weighted by atomic mass is 16.2. The van der Waals surface area contributed by atoms with Gasteiger partial charge in [-0.15, -0.1) is 0 Å². The predicted octanol–water partition coefficient (Wildman–Crippen LogP) is 0.346. The molecular weight excluding hydrogens is 294 g/mol. The minimum absolute atomic E-state index is 0.0110. The van der Waals surface area contributed by atoms with E-state index in [-0.39, 0.29) is 11.8 Å². The van der Waals surface area contributed by atoms with Gasteiger partial charge in [-0.2, -0.15) is 0 Å². The zero-order valence-electron chi connectivity index (χ0n) is 13.2. The van der Waals surface area contributed by atoms with Crippen LogP contribution in [0, 0.1) is 5.92 Å². The molecule has 0 radical (unpaired) electrons. The Kier molecular flexibility index (Phi) is 5.07. The lowest BCUT2D eigenvalue weighted by Gasteiger charge is -2.27. The van der Waals surface area contributed by atoms with Crippen molar-refractivity contribution in [1.82, 2.24) is 15.6 Å². The molecule has 0 saturated carbocycles. The molecule has 1 unspecified atom stereocenters. The molecule has 3 heterocycles. The summed E-state index contributed by atoms with van der Waals surface area (Å²) in [6.07, 6.45) is 4.28. The SMILES string of the molecule is O=C1CN(c2ccc(NC(=O)CCC3CCNC3)cn2)CCN1. The molecule has 3 rings (SSSR count). The molecular formula is C16H23N5O2. The van der Waals surface area contributed by atoms with E-state index in [9.17, 15) is 9.59 Å². The van der Waals surface area contributed by atoms with Crippen molar-refractivity contribution in [3.05, 3.63) is 18.3 Å². The van der Waals surface area contributed by atoms with Crippen molar-refractivity contribution in [1.29, 1.82) is 0 Å². The molecule has 1 aromatic heterocycles. The van der Waals surface area contributed by atoms with Gasteiger partial charge in [0.05, 0.1) is 18.4 Å². The van der Waals surface area contributed by atoms with E-state index >= 15 is 0 Å². The molecule has 2 amide bonds. The van der Waals surface area contributed by atoms with Gasteiger partial charge in [0, 0.05) is 19.5 Å². The number of piperazine rings is 1. The quantitative estimate of drug-likeness (QED) is 0.729. The van der Waals surface area contributed by atoms with Gasteiger partial charge in [0.2, 0.25) is 11.8 Å². The van der Waals surface area contributed by atoms with E-state index in [1.54, 1.807) is 6.20 Å². The van der Waals surface area contributed by atoms with Gasteiger partial charge >= 0.3 is 0 Å². The molecule has 23 heavy (non-hydrogen) atoms. The number of aromatic nitrogens is 1. The van der Waals surface area contributed by atoms with Gasteiger partial charge in [-0.05, 0) is 44.0 Å². The number of carbonyl (C=O) groups excluding carboxylic acids is 2. The average Bonchev–Trinajstić information content (AvgIpc) is 3.07. The number of pyridine rings is 1. The Morgan fingerprint density at radius 2 is 2.30 bits per heavy atom. The van der Waals surface area contributed by atoms with Crippen LogP contribution in [0.4, 0.5) is 11.5 Å². The fourth-order valence-electron chi connectivity index (χ4n) is 3.00. The molecule has 124 valence electrons. The van der Waals surface area contributed by atoms with Gasteiger partial charge in [0.1, 0.15) is 5.82 Å². The molecule has 2 fully saturated rings. The van der Waals surface area contributed by atoms with Crippen molar-refractivity contribution < 1.29 is 9.59 Å².